The second kappa shape index (κ2) is 5.61. The third-order valence-corrected chi connectivity index (χ3v) is 5.16. The minimum atomic E-state index is -3.50. The highest BCUT2D eigenvalue weighted by atomic mass is 32.2. The first-order valence-electron chi connectivity index (χ1n) is 6.06. The van der Waals surface area contributed by atoms with Crippen LogP contribution in [-0.2, 0) is 10.0 Å². The molecule has 0 atom stereocenters. The van der Waals surface area contributed by atoms with Gasteiger partial charge in [-0.25, -0.2) is 8.42 Å². The lowest BCUT2D eigenvalue weighted by Gasteiger charge is -2.33. The van der Waals surface area contributed by atoms with E-state index in [2.05, 4.69) is 10.8 Å². The Morgan fingerprint density at radius 2 is 1.84 bits per heavy atom. The van der Waals surface area contributed by atoms with Crippen LogP contribution in [0.2, 0.25) is 0 Å². The van der Waals surface area contributed by atoms with Gasteiger partial charge in [-0.15, -0.1) is 6.42 Å². The third-order valence-electron chi connectivity index (χ3n) is 3.18. The summed E-state index contributed by atoms with van der Waals surface area (Å²) in [5, 5.41) is 0. The van der Waals surface area contributed by atoms with Crippen LogP contribution in [0.4, 0.5) is 5.69 Å². The van der Waals surface area contributed by atoms with Crippen LogP contribution in [0, 0.1) is 12.3 Å². The number of para-hydroxylation sites is 1. The van der Waals surface area contributed by atoms with Crippen LogP contribution in [0.1, 0.15) is 0 Å². The van der Waals surface area contributed by atoms with Crippen molar-refractivity contribution < 1.29 is 8.42 Å². The molecule has 1 aliphatic rings. The van der Waals surface area contributed by atoms with Gasteiger partial charge in [0.25, 0.3) is 0 Å². The lowest BCUT2D eigenvalue weighted by Crippen LogP contribution is -2.48. The molecule has 5 nitrogen and oxygen atoms in total. The van der Waals surface area contributed by atoms with Gasteiger partial charge in [0, 0.05) is 26.2 Å². The van der Waals surface area contributed by atoms with Gasteiger partial charge in [-0.3, -0.25) is 4.90 Å². The van der Waals surface area contributed by atoms with Gasteiger partial charge in [0.05, 0.1) is 12.2 Å². The number of rotatable bonds is 3. The molecule has 1 fully saturated rings. The van der Waals surface area contributed by atoms with Crippen LogP contribution < -0.4 is 5.73 Å². The second-order valence-electron chi connectivity index (χ2n) is 4.42. The minimum absolute atomic E-state index is 0.181. The number of nitrogens with zero attached hydrogens (tertiary/aromatic N) is 2. The van der Waals surface area contributed by atoms with Crippen molar-refractivity contribution in [1.82, 2.24) is 9.21 Å². The summed E-state index contributed by atoms with van der Waals surface area (Å²) in [6.45, 7) is 2.74. The SMILES string of the molecule is C#CCN1CCN(S(=O)(=O)c2ccccc2N)CC1. The number of benzene rings is 1. The Bertz CT molecular complexity index is 584. The van der Waals surface area contributed by atoms with E-state index in [0.29, 0.717) is 32.7 Å². The molecule has 6 heteroatoms. The number of hydrogen-bond donors (Lipinski definition) is 1. The van der Waals surface area contributed by atoms with Crippen LogP contribution in [0.5, 0.6) is 0 Å². The van der Waals surface area contributed by atoms with Crippen molar-refractivity contribution in [3.63, 3.8) is 0 Å². The number of hydrogen-bond acceptors (Lipinski definition) is 4. The molecule has 1 saturated heterocycles. The standard InChI is InChI=1S/C13H17N3O2S/c1-2-7-15-8-10-16(11-9-15)19(17,18)13-6-4-3-5-12(13)14/h1,3-6H,7-11,14H2. The zero-order chi connectivity index (χ0) is 13.9. The van der Waals surface area contributed by atoms with E-state index >= 15 is 0 Å². The van der Waals surface area contributed by atoms with Crippen molar-refractivity contribution in [2.75, 3.05) is 38.5 Å². The molecule has 1 aromatic rings. The third kappa shape index (κ3) is 2.89. The van der Waals surface area contributed by atoms with Crippen molar-refractivity contribution in [3.05, 3.63) is 24.3 Å². The molecule has 0 aromatic heterocycles. The molecule has 0 unspecified atom stereocenters. The normalized spacial score (nSPS) is 18.1. The van der Waals surface area contributed by atoms with Crippen molar-refractivity contribution in [2.45, 2.75) is 4.90 Å². The Morgan fingerprint density at radius 1 is 1.21 bits per heavy atom. The molecule has 102 valence electrons. The van der Waals surface area contributed by atoms with Crippen LogP contribution in [0.3, 0.4) is 0 Å². The monoisotopic (exact) mass is 279 g/mol. The predicted octanol–water partition coefficient (Wildman–Crippen LogP) is 0.208. The van der Waals surface area contributed by atoms with Gasteiger partial charge in [-0.2, -0.15) is 4.31 Å². The van der Waals surface area contributed by atoms with Crippen LogP contribution in [-0.4, -0.2) is 50.3 Å². The maximum atomic E-state index is 12.5. The van der Waals surface area contributed by atoms with E-state index < -0.39 is 10.0 Å². The summed E-state index contributed by atoms with van der Waals surface area (Å²) in [4.78, 5) is 2.24. The van der Waals surface area contributed by atoms with Crippen molar-refractivity contribution in [3.8, 4) is 12.3 Å². The lowest BCUT2D eigenvalue weighted by atomic mass is 10.3. The Balaban J connectivity index is 2.15. The molecular weight excluding hydrogens is 262 g/mol. The molecule has 0 radical (unpaired) electrons. The van der Waals surface area contributed by atoms with E-state index in [4.69, 9.17) is 12.2 Å². The number of sulfonamides is 1. The summed E-state index contributed by atoms with van der Waals surface area (Å²) in [6, 6.07) is 6.54. The van der Waals surface area contributed by atoms with E-state index in [1.165, 1.54) is 4.31 Å². The fraction of sp³-hybridized carbons (Fsp3) is 0.385. The first-order valence-corrected chi connectivity index (χ1v) is 7.50. The van der Waals surface area contributed by atoms with Crippen LogP contribution >= 0.6 is 0 Å². The van der Waals surface area contributed by atoms with E-state index in [0.717, 1.165) is 0 Å². The number of anilines is 1. The zero-order valence-electron chi connectivity index (χ0n) is 10.6. The maximum Gasteiger partial charge on any atom is 0.245 e. The highest BCUT2D eigenvalue weighted by Crippen LogP contribution is 2.22. The summed E-state index contributed by atoms with van der Waals surface area (Å²) < 4.78 is 26.4. The van der Waals surface area contributed by atoms with Gasteiger partial charge in [0.1, 0.15) is 4.90 Å². The van der Waals surface area contributed by atoms with Crippen molar-refractivity contribution >= 4 is 15.7 Å². The number of terminal acetylenes is 1. The molecule has 1 heterocycles. The van der Waals surface area contributed by atoms with Gasteiger partial charge in [-0.05, 0) is 12.1 Å². The first kappa shape index (κ1) is 13.9. The molecule has 0 saturated carbocycles. The van der Waals surface area contributed by atoms with E-state index in [1.807, 2.05) is 0 Å². The molecule has 1 aliphatic heterocycles. The molecule has 2 N–H and O–H groups in total. The summed E-state index contributed by atoms with van der Waals surface area (Å²) in [6.07, 6.45) is 5.25. The van der Waals surface area contributed by atoms with Gasteiger partial charge >= 0.3 is 0 Å². The lowest BCUT2D eigenvalue weighted by molar-refractivity contribution is 0.207. The van der Waals surface area contributed by atoms with Crippen LogP contribution in [0.15, 0.2) is 29.2 Å². The molecule has 0 aliphatic carbocycles. The average Bonchev–Trinajstić information content (AvgIpc) is 2.40. The molecule has 1 aromatic carbocycles. The molecule has 2 rings (SSSR count). The largest absolute Gasteiger partial charge is 0.398 e. The maximum absolute atomic E-state index is 12.5. The highest BCUT2D eigenvalue weighted by molar-refractivity contribution is 7.89. The highest BCUT2D eigenvalue weighted by Gasteiger charge is 2.29. The molecule has 19 heavy (non-hydrogen) atoms. The van der Waals surface area contributed by atoms with Crippen molar-refractivity contribution in [1.29, 1.82) is 0 Å². The molecular formula is C13H17N3O2S. The van der Waals surface area contributed by atoms with Gasteiger partial charge in [0.15, 0.2) is 0 Å². The molecule has 0 bridgehead atoms. The summed E-state index contributed by atoms with van der Waals surface area (Å²) >= 11 is 0. The van der Waals surface area contributed by atoms with E-state index in [9.17, 15) is 8.42 Å². The Kier molecular flexibility index (Phi) is 4.10. The van der Waals surface area contributed by atoms with Gasteiger partial charge in [0.2, 0.25) is 10.0 Å². The topological polar surface area (TPSA) is 66.6 Å². The Hall–Kier alpha value is -1.55. The number of nitrogens with two attached hydrogens (primary N) is 1. The Labute approximate surface area is 114 Å². The van der Waals surface area contributed by atoms with Gasteiger partial charge < -0.3 is 5.73 Å². The van der Waals surface area contributed by atoms with E-state index in [-0.39, 0.29) is 10.6 Å². The minimum Gasteiger partial charge on any atom is -0.398 e. The Morgan fingerprint density at radius 3 is 2.42 bits per heavy atom. The fourth-order valence-electron chi connectivity index (χ4n) is 2.11. The molecule has 0 amide bonds. The number of nitrogen functional groups attached to an aromatic ring is 1. The molecule has 0 spiro atoms. The number of piperazine rings is 1. The average molecular weight is 279 g/mol. The van der Waals surface area contributed by atoms with Crippen LogP contribution in [0.25, 0.3) is 0 Å². The van der Waals surface area contributed by atoms with Crippen molar-refractivity contribution in [2.24, 2.45) is 0 Å². The fourth-order valence-corrected chi connectivity index (χ4v) is 3.65. The second-order valence-corrected chi connectivity index (χ2v) is 6.33. The summed E-state index contributed by atoms with van der Waals surface area (Å²) in [7, 11) is -3.50. The summed E-state index contributed by atoms with van der Waals surface area (Å²) in [5.74, 6) is 2.57. The quantitative estimate of drug-likeness (QED) is 0.634. The summed E-state index contributed by atoms with van der Waals surface area (Å²) in [5.41, 5.74) is 6.03. The zero-order valence-corrected chi connectivity index (χ0v) is 11.4. The smallest absolute Gasteiger partial charge is 0.245 e. The van der Waals surface area contributed by atoms with Gasteiger partial charge in [-0.1, -0.05) is 18.1 Å². The van der Waals surface area contributed by atoms with E-state index in [1.54, 1.807) is 24.3 Å². The first-order chi connectivity index (χ1) is 9.05. The predicted molar refractivity (Wildman–Crippen MR) is 74.9 cm³/mol.